The predicted molar refractivity (Wildman–Crippen MR) is 87.9 cm³/mol. The molecule has 160 valence electrons. The summed E-state index contributed by atoms with van der Waals surface area (Å²) in [6, 6.07) is 3.95. The Bertz CT molecular complexity index is 794. The zero-order valence-corrected chi connectivity index (χ0v) is 15.4. The molecule has 1 aromatic rings. The fourth-order valence-electron chi connectivity index (χ4n) is 2.67. The number of nitrogens with zero attached hydrogens (tertiary/aromatic N) is 1. The number of benzene rings is 1. The molecule has 1 atom stereocenters. The predicted octanol–water partition coefficient (Wildman–Crippen LogP) is 4.12. The number of halogens is 7. The third kappa shape index (κ3) is 5.55. The lowest BCUT2D eigenvalue weighted by molar-refractivity contribution is -0.288. The van der Waals surface area contributed by atoms with Crippen molar-refractivity contribution < 1.29 is 45.4 Å². The number of para-hydroxylation sites is 1. The molecule has 5 nitrogen and oxygen atoms in total. The molecular weight excluding hydrogens is 432 g/mol. The van der Waals surface area contributed by atoms with Crippen LogP contribution in [0.2, 0.25) is 5.02 Å². The number of alkyl halides is 6. The average molecular weight is 446 g/mol. The molecule has 1 aliphatic heterocycles. The molecule has 2 rings (SSSR count). The molecule has 1 aliphatic rings. The highest BCUT2D eigenvalue weighted by molar-refractivity contribution is 6.32. The summed E-state index contributed by atoms with van der Waals surface area (Å²) < 4.78 is 87.2. The maximum atomic E-state index is 12.9. The molecule has 0 aliphatic carbocycles. The van der Waals surface area contributed by atoms with E-state index in [1.54, 1.807) is 12.1 Å². The van der Waals surface area contributed by atoms with Crippen LogP contribution < -0.4 is 4.74 Å². The average Bonchev–Trinajstić information content (AvgIpc) is 2.95. The van der Waals surface area contributed by atoms with Crippen LogP contribution >= 0.6 is 11.6 Å². The molecule has 12 heteroatoms. The van der Waals surface area contributed by atoms with E-state index in [-0.39, 0.29) is 16.5 Å². The Morgan fingerprint density at radius 3 is 2.28 bits per heavy atom. The highest BCUT2D eigenvalue weighted by atomic mass is 35.5. The highest BCUT2D eigenvalue weighted by Gasteiger charge is 2.58. The Labute approximate surface area is 165 Å². The fraction of sp³-hybridized carbons (Fsp3) is 0.412. The number of hydrogen-bond donors (Lipinski definition) is 0. The second-order valence-electron chi connectivity index (χ2n) is 6.02. The van der Waals surface area contributed by atoms with Gasteiger partial charge in [0.2, 0.25) is 0 Å². The quantitative estimate of drug-likeness (QED) is 0.488. The first-order chi connectivity index (χ1) is 13.3. The fourth-order valence-corrected chi connectivity index (χ4v) is 2.84. The van der Waals surface area contributed by atoms with E-state index in [1.807, 2.05) is 0 Å². The Morgan fingerprint density at radius 2 is 1.76 bits per heavy atom. The normalized spacial score (nSPS) is 16.1. The Balaban J connectivity index is 2.24. The van der Waals surface area contributed by atoms with Crippen LogP contribution in [-0.4, -0.2) is 48.8 Å². The molecule has 1 amide bonds. The van der Waals surface area contributed by atoms with E-state index >= 15 is 0 Å². The molecule has 0 spiro atoms. The molecule has 1 aromatic carbocycles. The van der Waals surface area contributed by atoms with Crippen LogP contribution in [0.5, 0.6) is 5.75 Å². The molecule has 29 heavy (non-hydrogen) atoms. The summed E-state index contributed by atoms with van der Waals surface area (Å²) in [5.74, 6) is -6.21. The van der Waals surface area contributed by atoms with Crippen LogP contribution in [0.15, 0.2) is 36.1 Å². The lowest BCUT2D eigenvalue weighted by Crippen LogP contribution is -2.49. The van der Waals surface area contributed by atoms with Gasteiger partial charge in [0.1, 0.15) is 17.6 Å². The van der Waals surface area contributed by atoms with Crippen molar-refractivity contribution in [3.8, 4) is 5.75 Å². The zero-order chi connectivity index (χ0) is 22.0. The molecule has 1 unspecified atom stereocenters. The highest BCUT2D eigenvalue weighted by Crippen LogP contribution is 2.43. The number of ether oxygens (including phenoxy) is 2. The number of carbonyl (C=O) groups excluding carboxylic acids is 2. The molecule has 0 N–H and O–H groups in total. The summed E-state index contributed by atoms with van der Waals surface area (Å²) >= 11 is 5.91. The van der Waals surface area contributed by atoms with Gasteiger partial charge in [-0.25, -0.2) is 4.79 Å². The van der Waals surface area contributed by atoms with Gasteiger partial charge in [-0.2, -0.15) is 26.3 Å². The summed E-state index contributed by atoms with van der Waals surface area (Å²) in [6.45, 7) is -0.535. The van der Waals surface area contributed by atoms with E-state index in [4.69, 9.17) is 16.3 Å². The van der Waals surface area contributed by atoms with Gasteiger partial charge >= 0.3 is 18.3 Å². The van der Waals surface area contributed by atoms with E-state index in [1.165, 1.54) is 12.1 Å². The Morgan fingerprint density at radius 1 is 1.17 bits per heavy atom. The van der Waals surface area contributed by atoms with Crippen molar-refractivity contribution in [1.82, 2.24) is 4.90 Å². The van der Waals surface area contributed by atoms with Gasteiger partial charge in [-0.1, -0.05) is 23.7 Å². The molecule has 0 radical (unpaired) electrons. The minimum Gasteiger partial charge on any atom is -0.467 e. The first-order valence-electron chi connectivity index (χ1n) is 7.99. The van der Waals surface area contributed by atoms with E-state index in [0.29, 0.717) is 4.90 Å². The van der Waals surface area contributed by atoms with Crippen molar-refractivity contribution in [2.24, 2.45) is 5.92 Å². The number of rotatable bonds is 6. The lowest BCUT2D eigenvalue weighted by atomic mass is 9.97. The SMILES string of the molecule is COC(=O)C(CC(C(F)(F)F)C(F)(F)F)N1CC(Oc2ccccc2Cl)=CC1=O. The molecular formula is C17H14ClF6NO4. The van der Waals surface area contributed by atoms with Gasteiger partial charge in [-0.15, -0.1) is 0 Å². The molecule has 0 saturated carbocycles. The van der Waals surface area contributed by atoms with Gasteiger partial charge in [-0.05, 0) is 18.6 Å². The summed E-state index contributed by atoms with van der Waals surface area (Å²) in [5, 5.41) is 0.165. The summed E-state index contributed by atoms with van der Waals surface area (Å²) in [4.78, 5) is 24.6. The third-order valence-corrected chi connectivity index (χ3v) is 4.38. The first kappa shape index (κ1) is 22.9. The minimum absolute atomic E-state index is 0.104. The summed E-state index contributed by atoms with van der Waals surface area (Å²) in [5.41, 5.74) is 0. The maximum Gasteiger partial charge on any atom is 0.400 e. The topological polar surface area (TPSA) is 55.8 Å². The number of hydrogen-bond acceptors (Lipinski definition) is 4. The standard InChI is InChI=1S/C17H14ClF6NO4/c1-28-15(27)11(7-13(16(19,20)21)17(22,23)24)25-8-9(6-14(25)26)29-12-5-3-2-4-10(12)18/h2-6,11,13H,7-8H2,1H3. The van der Waals surface area contributed by atoms with Crippen LogP contribution in [0.4, 0.5) is 26.3 Å². The van der Waals surface area contributed by atoms with Crippen LogP contribution in [-0.2, 0) is 14.3 Å². The van der Waals surface area contributed by atoms with Crippen LogP contribution in [0.1, 0.15) is 6.42 Å². The molecule has 0 aromatic heterocycles. The molecule has 1 heterocycles. The van der Waals surface area contributed by atoms with Crippen LogP contribution in [0.25, 0.3) is 0 Å². The van der Waals surface area contributed by atoms with Gasteiger partial charge < -0.3 is 14.4 Å². The third-order valence-electron chi connectivity index (χ3n) is 4.07. The van der Waals surface area contributed by atoms with Gasteiger partial charge in [0.05, 0.1) is 18.7 Å². The van der Waals surface area contributed by atoms with E-state index in [9.17, 15) is 35.9 Å². The van der Waals surface area contributed by atoms with Crippen molar-refractivity contribution in [2.75, 3.05) is 13.7 Å². The van der Waals surface area contributed by atoms with Crippen LogP contribution in [0, 0.1) is 5.92 Å². The number of carbonyl (C=O) groups is 2. The number of amides is 1. The summed E-state index contributed by atoms with van der Waals surface area (Å²) in [7, 11) is 0.792. The van der Waals surface area contributed by atoms with Crippen molar-refractivity contribution in [2.45, 2.75) is 24.8 Å². The van der Waals surface area contributed by atoms with Crippen LogP contribution in [0.3, 0.4) is 0 Å². The van der Waals surface area contributed by atoms with Gasteiger partial charge in [0.25, 0.3) is 5.91 Å². The maximum absolute atomic E-state index is 12.9. The molecule has 0 bridgehead atoms. The van der Waals surface area contributed by atoms with Gasteiger partial charge in [-0.3, -0.25) is 4.79 Å². The van der Waals surface area contributed by atoms with E-state index < -0.39 is 49.2 Å². The van der Waals surface area contributed by atoms with E-state index in [0.717, 1.165) is 13.2 Å². The number of esters is 1. The summed E-state index contributed by atoms with van der Waals surface area (Å²) in [6.07, 6.45) is -12.2. The first-order valence-corrected chi connectivity index (χ1v) is 8.37. The number of methoxy groups -OCH3 is 1. The van der Waals surface area contributed by atoms with Gasteiger partial charge in [0, 0.05) is 6.08 Å². The second-order valence-corrected chi connectivity index (χ2v) is 6.43. The minimum atomic E-state index is -5.67. The molecule has 0 saturated heterocycles. The second kappa shape index (κ2) is 8.52. The lowest BCUT2D eigenvalue weighted by Gasteiger charge is -2.31. The van der Waals surface area contributed by atoms with Gasteiger partial charge in [0.15, 0.2) is 5.92 Å². The Kier molecular flexibility index (Phi) is 6.71. The monoisotopic (exact) mass is 445 g/mol. The largest absolute Gasteiger partial charge is 0.467 e. The van der Waals surface area contributed by atoms with Crippen molar-refractivity contribution in [1.29, 1.82) is 0 Å². The Hall–Kier alpha value is -2.43. The zero-order valence-electron chi connectivity index (χ0n) is 14.7. The molecule has 0 fully saturated rings. The smallest absolute Gasteiger partial charge is 0.400 e. The van der Waals surface area contributed by atoms with Crippen molar-refractivity contribution in [3.63, 3.8) is 0 Å². The van der Waals surface area contributed by atoms with E-state index in [2.05, 4.69) is 4.74 Å². The van der Waals surface area contributed by atoms with Crippen molar-refractivity contribution in [3.05, 3.63) is 41.1 Å². The van der Waals surface area contributed by atoms with Crippen molar-refractivity contribution >= 4 is 23.5 Å².